The Bertz CT molecular complexity index is 74.9. The Hall–Kier alpha value is -0.0800. The smallest absolute Gasteiger partial charge is 0.0584 e. The molecule has 1 saturated heterocycles. The summed E-state index contributed by atoms with van der Waals surface area (Å²) in [6.07, 6.45) is 2.35. The summed E-state index contributed by atoms with van der Waals surface area (Å²) in [4.78, 5) is 0. The summed E-state index contributed by atoms with van der Waals surface area (Å²) in [6, 6.07) is 0.997. The second-order valence-corrected chi connectivity index (χ2v) is 2.52. The maximum absolute atomic E-state index is 8.62. The predicted octanol–water partition coefficient (Wildman–Crippen LogP) is 0.119. The molecule has 0 aromatic heterocycles. The van der Waals surface area contributed by atoms with Crippen molar-refractivity contribution < 1.29 is 5.11 Å². The van der Waals surface area contributed by atoms with Gasteiger partial charge in [-0.3, -0.25) is 0 Å². The molecule has 0 aliphatic carbocycles. The Morgan fingerprint density at radius 1 is 1.62 bits per heavy atom. The fraction of sp³-hybridized carbons (Fsp3) is 1.00. The quantitative estimate of drug-likeness (QED) is 0.508. The average Bonchev–Trinajstić information content (AvgIpc) is 2.14. The van der Waals surface area contributed by atoms with Gasteiger partial charge in [0.25, 0.3) is 0 Å². The molecule has 0 radical (unpaired) electrons. The molecule has 0 aromatic carbocycles. The largest absolute Gasteiger partial charge is 0.395 e. The molecule has 1 heterocycles. The second-order valence-electron chi connectivity index (χ2n) is 2.52. The second kappa shape index (κ2) is 2.46. The molecule has 0 saturated carbocycles. The van der Waals surface area contributed by atoms with Gasteiger partial charge >= 0.3 is 0 Å². The molecule has 48 valence electrons. The Kier molecular flexibility index (Phi) is 1.86. The van der Waals surface area contributed by atoms with Crippen LogP contribution < -0.4 is 5.32 Å². The topological polar surface area (TPSA) is 32.3 Å². The first-order valence-corrected chi connectivity index (χ1v) is 3.20. The molecule has 0 aromatic rings. The van der Waals surface area contributed by atoms with Gasteiger partial charge in [-0.2, -0.15) is 0 Å². The van der Waals surface area contributed by atoms with Crippen LogP contribution in [0.2, 0.25) is 0 Å². The lowest BCUT2D eigenvalue weighted by Gasteiger charge is -2.05. The van der Waals surface area contributed by atoms with Gasteiger partial charge in [-0.15, -0.1) is 0 Å². The molecule has 1 fully saturated rings. The number of rotatable bonds is 1. The predicted molar refractivity (Wildman–Crippen MR) is 32.7 cm³/mol. The van der Waals surface area contributed by atoms with E-state index in [4.69, 9.17) is 5.11 Å². The van der Waals surface area contributed by atoms with Gasteiger partial charge in [-0.1, -0.05) is 0 Å². The highest BCUT2D eigenvalue weighted by Gasteiger charge is 2.18. The van der Waals surface area contributed by atoms with Crippen LogP contribution in [0.15, 0.2) is 0 Å². The maximum atomic E-state index is 8.62. The van der Waals surface area contributed by atoms with Crippen molar-refractivity contribution >= 4 is 0 Å². The standard InChI is InChI=1S/C6H13NO/c1-5-2-3-6(4-8)7-5/h5-8H,2-4H2,1H3/t5-,6-/m0/s1. The molecule has 0 spiro atoms. The van der Waals surface area contributed by atoms with E-state index in [1.165, 1.54) is 6.42 Å². The van der Waals surface area contributed by atoms with E-state index >= 15 is 0 Å². The number of aliphatic hydroxyl groups excluding tert-OH is 1. The first-order chi connectivity index (χ1) is 3.83. The summed E-state index contributed by atoms with van der Waals surface area (Å²) < 4.78 is 0. The van der Waals surface area contributed by atoms with Crippen molar-refractivity contribution in [2.24, 2.45) is 0 Å². The minimum atomic E-state index is 0.296. The molecule has 2 nitrogen and oxygen atoms in total. The highest BCUT2D eigenvalue weighted by Crippen LogP contribution is 2.09. The fourth-order valence-electron chi connectivity index (χ4n) is 1.16. The zero-order valence-corrected chi connectivity index (χ0v) is 5.22. The molecule has 2 heteroatoms. The van der Waals surface area contributed by atoms with Crippen LogP contribution >= 0.6 is 0 Å². The molecular formula is C6H13NO. The van der Waals surface area contributed by atoms with E-state index in [1.54, 1.807) is 0 Å². The van der Waals surface area contributed by atoms with E-state index in [9.17, 15) is 0 Å². The zero-order valence-electron chi connectivity index (χ0n) is 5.22. The van der Waals surface area contributed by atoms with Crippen molar-refractivity contribution in [1.82, 2.24) is 5.32 Å². The van der Waals surface area contributed by atoms with E-state index < -0.39 is 0 Å². The third kappa shape index (κ3) is 1.20. The van der Waals surface area contributed by atoms with Crippen LogP contribution in [0.5, 0.6) is 0 Å². The number of aliphatic hydroxyl groups is 1. The first kappa shape index (κ1) is 6.05. The monoisotopic (exact) mass is 115 g/mol. The van der Waals surface area contributed by atoms with Gasteiger partial charge in [-0.05, 0) is 19.8 Å². The van der Waals surface area contributed by atoms with Crippen molar-refractivity contribution in [2.45, 2.75) is 31.8 Å². The van der Waals surface area contributed by atoms with Gasteiger partial charge in [0.05, 0.1) is 6.61 Å². The highest BCUT2D eigenvalue weighted by molar-refractivity contribution is 4.79. The van der Waals surface area contributed by atoms with E-state index in [2.05, 4.69) is 12.2 Å². The van der Waals surface area contributed by atoms with Crippen molar-refractivity contribution in [3.8, 4) is 0 Å². The normalized spacial score (nSPS) is 38.2. The summed E-state index contributed by atoms with van der Waals surface area (Å²) >= 11 is 0. The SMILES string of the molecule is C[C@H]1CC[C@@H](CO)N1. The van der Waals surface area contributed by atoms with Crippen LogP contribution in [0.4, 0.5) is 0 Å². The Balaban J connectivity index is 2.22. The van der Waals surface area contributed by atoms with E-state index in [1.807, 2.05) is 0 Å². The van der Waals surface area contributed by atoms with Crippen LogP contribution in [-0.4, -0.2) is 23.8 Å². The van der Waals surface area contributed by atoms with Crippen molar-refractivity contribution in [1.29, 1.82) is 0 Å². The van der Waals surface area contributed by atoms with Crippen LogP contribution in [0.25, 0.3) is 0 Å². The Morgan fingerprint density at radius 2 is 2.38 bits per heavy atom. The molecule has 2 atom stereocenters. The maximum Gasteiger partial charge on any atom is 0.0584 e. The van der Waals surface area contributed by atoms with Gasteiger partial charge in [-0.25, -0.2) is 0 Å². The molecule has 1 rings (SSSR count). The molecule has 8 heavy (non-hydrogen) atoms. The molecule has 0 unspecified atom stereocenters. The molecule has 2 N–H and O–H groups in total. The lowest BCUT2D eigenvalue weighted by molar-refractivity contribution is 0.252. The van der Waals surface area contributed by atoms with Gasteiger partial charge in [0, 0.05) is 12.1 Å². The summed E-state index contributed by atoms with van der Waals surface area (Å²) in [6.45, 7) is 2.44. The average molecular weight is 115 g/mol. The lowest BCUT2D eigenvalue weighted by Crippen LogP contribution is -2.29. The molecule has 1 aliphatic rings. The number of nitrogens with one attached hydrogen (secondary N) is 1. The minimum Gasteiger partial charge on any atom is -0.395 e. The Labute approximate surface area is 49.9 Å². The molecule has 0 amide bonds. The zero-order chi connectivity index (χ0) is 5.98. The third-order valence-corrected chi connectivity index (χ3v) is 1.69. The summed E-state index contributed by atoms with van der Waals surface area (Å²) in [5, 5.41) is 11.9. The van der Waals surface area contributed by atoms with Crippen LogP contribution in [0.3, 0.4) is 0 Å². The van der Waals surface area contributed by atoms with Crippen LogP contribution in [0, 0.1) is 0 Å². The third-order valence-electron chi connectivity index (χ3n) is 1.69. The van der Waals surface area contributed by atoms with Gasteiger partial charge in [0.15, 0.2) is 0 Å². The lowest BCUT2D eigenvalue weighted by atomic mass is 10.2. The van der Waals surface area contributed by atoms with Crippen LogP contribution in [0.1, 0.15) is 19.8 Å². The molecule has 1 aliphatic heterocycles. The molecular weight excluding hydrogens is 102 g/mol. The summed E-state index contributed by atoms with van der Waals surface area (Å²) in [5.74, 6) is 0. The van der Waals surface area contributed by atoms with Crippen molar-refractivity contribution in [2.75, 3.05) is 6.61 Å². The van der Waals surface area contributed by atoms with Crippen molar-refractivity contribution in [3.05, 3.63) is 0 Å². The summed E-state index contributed by atoms with van der Waals surface area (Å²) in [7, 11) is 0. The van der Waals surface area contributed by atoms with Gasteiger partial charge in [0.2, 0.25) is 0 Å². The van der Waals surface area contributed by atoms with Crippen LogP contribution in [-0.2, 0) is 0 Å². The minimum absolute atomic E-state index is 0.296. The molecule has 0 bridgehead atoms. The van der Waals surface area contributed by atoms with Crippen molar-refractivity contribution in [3.63, 3.8) is 0 Å². The van der Waals surface area contributed by atoms with E-state index in [0.29, 0.717) is 18.7 Å². The number of hydrogen-bond acceptors (Lipinski definition) is 2. The first-order valence-electron chi connectivity index (χ1n) is 3.20. The van der Waals surface area contributed by atoms with E-state index in [-0.39, 0.29) is 0 Å². The number of hydrogen-bond donors (Lipinski definition) is 2. The highest BCUT2D eigenvalue weighted by atomic mass is 16.3. The van der Waals surface area contributed by atoms with Gasteiger partial charge in [0.1, 0.15) is 0 Å². The van der Waals surface area contributed by atoms with Gasteiger partial charge < -0.3 is 10.4 Å². The summed E-state index contributed by atoms with van der Waals surface area (Å²) in [5.41, 5.74) is 0. The van der Waals surface area contributed by atoms with E-state index in [0.717, 1.165) is 6.42 Å². The fourth-order valence-corrected chi connectivity index (χ4v) is 1.16. The Morgan fingerprint density at radius 3 is 2.62 bits per heavy atom.